The Hall–Kier alpha value is -3.22. The Morgan fingerprint density at radius 3 is 2.27 bits per heavy atom. The lowest BCUT2D eigenvalue weighted by atomic mass is 10.1. The number of hydrogen-bond donors (Lipinski definition) is 3. The minimum Gasteiger partial charge on any atom is -0.345 e. The van der Waals surface area contributed by atoms with Crippen molar-refractivity contribution in [1.82, 2.24) is 10.6 Å². The number of benzene rings is 2. The Morgan fingerprint density at radius 2 is 1.54 bits per heavy atom. The van der Waals surface area contributed by atoms with Crippen molar-refractivity contribution in [2.75, 3.05) is 18.4 Å². The number of aryl methyl sites for hydroxylation is 1. The van der Waals surface area contributed by atoms with Crippen LogP contribution in [-0.2, 0) is 16.0 Å². The van der Waals surface area contributed by atoms with Crippen LogP contribution >= 0.6 is 0 Å². The monoisotopic (exact) mass is 357 g/mol. The molecule has 0 fully saturated rings. The Bertz CT molecular complexity index is 808. The van der Waals surface area contributed by atoms with Crippen molar-refractivity contribution >= 4 is 23.4 Å². The molecule has 0 aromatic heterocycles. The highest BCUT2D eigenvalue weighted by atomic mass is 19.1. The molecular formula is C19H20FN3O3. The van der Waals surface area contributed by atoms with Crippen LogP contribution in [0.4, 0.5) is 10.1 Å². The molecule has 0 spiro atoms. The van der Waals surface area contributed by atoms with E-state index in [4.69, 9.17) is 0 Å². The Balaban J connectivity index is 1.77. The zero-order chi connectivity index (χ0) is 18.9. The molecule has 7 heteroatoms. The first-order valence-corrected chi connectivity index (χ1v) is 8.18. The summed E-state index contributed by atoms with van der Waals surface area (Å²) in [7, 11) is 0. The molecular weight excluding hydrogens is 337 g/mol. The molecule has 0 saturated heterocycles. The van der Waals surface area contributed by atoms with E-state index in [9.17, 15) is 18.8 Å². The second-order valence-corrected chi connectivity index (χ2v) is 5.50. The summed E-state index contributed by atoms with van der Waals surface area (Å²) in [4.78, 5) is 35.5. The summed E-state index contributed by atoms with van der Waals surface area (Å²) < 4.78 is 13.5. The standard InChI is InChI=1S/C19H20FN3O3/c1-2-13-7-3-6-10-16(13)23-18(25)12-21-17(24)11-22-19(26)14-8-4-5-9-15(14)20/h3-10H,2,11-12H2,1H3,(H,21,24)(H,22,26)(H,23,25). The molecule has 136 valence electrons. The Kier molecular flexibility index (Phi) is 6.84. The lowest BCUT2D eigenvalue weighted by Gasteiger charge is -2.10. The van der Waals surface area contributed by atoms with Crippen LogP contribution in [0.2, 0.25) is 0 Å². The van der Waals surface area contributed by atoms with Gasteiger partial charge in [-0.1, -0.05) is 37.3 Å². The third-order valence-corrected chi connectivity index (χ3v) is 3.65. The van der Waals surface area contributed by atoms with Crippen molar-refractivity contribution in [3.63, 3.8) is 0 Å². The largest absolute Gasteiger partial charge is 0.345 e. The van der Waals surface area contributed by atoms with Crippen LogP contribution in [0.5, 0.6) is 0 Å². The molecule has 0 atom stereocenters. The number of hydrogen-bond acceptors (Lipinski definition) is 3. The van der Waals surface area contributed by atoms with Crippen LogP contribution in [0, 0.1) is 5.82 Å². The quantitative estimate of drug-likeness (QED) is 0.707. The normalized spacial score (nSPS) is 10.1. The van der Waals surface area contributed by atoms with Crippen molar-refractivity contribution < 1.29 is 18.8 Å². The predicted molar refractivity (Wildman–Crippen MR) is 96.2 cm³/mol. The van der Waals surface area contributed by atoms with Crippen LogP contribution in [0.25, 0.3) is 0 Å². The predicted octanol–water partition coefficient (Wildman–Crippen LogP) is 1.87. The van der Waals surface area contributed by atoms with Crippen LogP contribution in [-0.4, -0.2) is 30.8 Å². The van der Waals surface area contributed by atoms with E-state index in [1.165, 1.54) is 18.2 Å². The molecule has 2 rings (SSSR count). The van der Waals surface area contributed by atoms with E-state index < -0.39 is 17.6 Å². The molecule has 2 aromatic carbocycles. The topological polar surface area (TPSA) is 87.3 Å². The van der Waals surface area contributed by atoms with Gasteiger partial charge in [0.1, 0.15) is 5.82 Å². The maximum Gasteiger partial charge on any atom is 0.254 e. The number of anilines is 1. The van der Waals surface area contributed by atoms with Gasteiger partial charge in [0.15, 0.2) is 0 Å². The molecule has 0 heterocycles. The number of rotatable bonds is 7. The first-order chi connectivity index (χ1) is 12.5. The first-order valence-electron chi connectivity index (χ1n) is 8.18. The van der Waals surface area contributed by atoms with Gasteiger partial charge in [0, 0.05) is 5.69 Å². The van der Waals surface area contributed by atoms with Crippen molar-refractivity contribution in [2.45, 2.75) is 13.3 Å². The average Bonchev–Trinajstić information content (AvgIpc) is 2.65. The van der Waals surface area contributed by atoms with Gasteiger partial charge >= 0.3 is 0 Å². The van der Waals surface area contributed by atoms with E-state index in [1.807, 2.05) is 25.1 Å². The summed E-state index contributed by atoms with van der Waals surface area (Å²) in [5.74, 6) is -2.28. The number of halogens is 1. The first kappa shape index (κ1) is 19.1. The third-order valence-electron chi connectivity index (χ3n) is 3.65. The zero-order valence-electron chi connectivity index (χ0n) is 14.3. The van der Waals surface area contributed by atoms with Gasteiger partial charge in [-0.25, -0.2) is 4.39 Å². The average molecular weight is 357 g/mol. The van der Waals surface area contributed by atoms with Gasteiger partial charge in [-0.15, -0.1) is 0 Å². The van der Waals surface area contributed by atoms with Crippen molar-refractivity contribution in [3.05, 3.63) is 65.5 Å². The van der Waals surface area contributed by atoms with Gasteiger partial charge in [-0.2, -0.15) is 0 Å². The smallest absolute Gasteiger partial charge is 0.254 e. The molecule has 0 aliphatic heterocycles. The van der Waals surface area contributed by atoms with E-state index >= 15 is 0 Å². The van der Waals surface area contributed by atoms with Crippen LogP contribution in [0.3, 0.4) is 0 Å². The maximum absolute atomic E-state index is 13.5. The van der Waals surface area contributed by atoms with Gasteiger partial charge in [-0.05, 0) is 30.2 Å². The second-order valence-electron chi connectivity index (χ2n) is 5.50. The number of carbonyl (C=O) groups excluding carboxylic acids is 3. The maximum atomic E-state index is 13.5. The van der Waals surface area contributed by atoms with E-state index in [0.717, 1.165) is 18.1 Å². The molecule has 0 aliphatic rings. The van der Waals surface area contributed by atoms with Crippen LogP contribution in [0.15, 0.2) is 48.5 Å². The molecule has 0 bridgehead atoms. The summed E-state index contributed by atoms with van der Waals surface area (Å²) in [6.45, 7) is 1.39. The molecule has 3 N–H and O–H groups in total. The molecule has 2 aromatic rings. The van der Waals surface area contributed by atoms with Crippen LogP contribution in [0.1, 0.15) is 22.8 Å². The lowest BCUT2D eigenvalue weighted by Crippen LogP contribution is -2.40. The highest BCUT2D eigenvalue weighted by molar-refractivity contribution is 5.98. The summed E-state index contributed by atoms with van der Waals surface area (Å²) in [5.41, 5.74) is 1.54. The highest BCUT2D eigenvalue weighted by Gasteiger charge is 2.12. The van der Waals surface area contributed by atoms with Crippen molar-refractivity contribution in [1.29, 1.82) is 0 Å². The Morgan fingerprint density at radius 1 is 0.885 bits per heavy atom. The molecule has 0 unspecified atom stereocenters. The Labute approximate surface area is 150 Å². The van der Waals surface area contributed by atoms with E-state index in [-0.39, 0.29) is 24.6 Å². The molecule has 0 radical (unpaired) electrons. The number of carbonyl (C=O) groups is 3. The minimum atomic E-state index is -0.695. The highest BCUT2D eigenvalue weighted by Crippen LogP contribution is 2.14. The molecule has 0 aliphatic carbocycles. The SMILES string of the molecule is CCc1ccccc1NC(=O)CNC(=O)CNC(=O)c1ccccc1F. The minimum absolute atomic E-state index is 0.144. The van der Waals surface area contributed by atoms with Crippen molar-refractivity contribution in [3.8, 4) is 0 Å². The summed E-state index contributed by atoms with van der Waals surface area (Å²) in [5, 5.41) is 7.44. The van der Waals surface area contributed by atoms with Gasteiger partial charge < -0.3 is 16.0 Å². The van der Waals surface area contributed by atoms with Crippen molar-refractivity contribution in [2.24, 2.45) is 0 Å². The zero-order valence-corrected chi connectivity index (χ0v) is 14.3. The van der Waals surface area contributed by atoms with E-state index in [2.05, 4.69) is 16.0 Å². The molecule has 26 heavy (non-hydrogen) atoms. The van der Waals surface area contributed by atoms with Gasteiger partial charge in [0.05, 0.1) is 18.7 Å². The summed E-state index contributed by atoms with van der Waals surface area (Å²) in [6, 6.07) is 12.9. The lowest BCUT2D eigenvalue weighted by molar-refractivity contribution is -0.123. The van der Waals surface area contributed by atoms with Gasteiger partial charge in [0.25, 0.3) is 5.91 Å². The second kappa shape index (κ2) is 9.31. The number of amides is 3. The number of nitrogens with one attached hydrogen (secondary N) is 3. The fourth-order valence-electron chi connectivity index (χ4n) is 2.29. The molecule has 0 saturated carbocycles. The molecule has 3 amide bonds. The van der Waals surface area contributed by atoms with E-state index in [0.29, 0.717) is 5.69 Å². The molecule has 6 nitrogen and oxygen atoms in total. The summed E-state index contributed by atoms with van der Waals surface area (Å²) >= 11 is 0. The summed E-state index contributed by atoms with van der Waals surface area (Å²) in [6.07, 6.45) is 0.769. The fourth-order valence-corrected chi connectivity index (χ4v) is 2.29. The van der Waals surface area contributed by atoms with E-state index in [1.54, 1.807) is 6.07 Å². The third kappa shape index (κ3) is 5.41. The van der Waals surface area contributed by atoms with Gasteiger partial charge in [0.2, 0.25) is 11.8 Å². The van der Waals surface area contributed by atoms with Gasteiger partial charge in [-0.3, -0.25) is 14.4 Å². The van der Waals surface area contributed by atoms with Crippen LogP contribution < -0.4 is 16.0 Å². The number of para-hydroxylation sites is 1. The fraction of sp³-hybridized carbons (Fsp3) is 0.211.